The van der Waals surface area contributed by atoms with Crippen LogP contribution in [0.3, 0.4) is 0 Å². The summed E-state index contributed by atoms with van der Waals surface area (Å²) < 4.78 is 0. The van der Waals surface area contributed by atoms with Gasteiger partial charge >= 0.3 is 5.97 Å². The lowest BCUT2D eigenvalue weighted by Gasteiger charge is -2.02. The number of rotatable bonds is 3. The van der Waals surface area contributed by atoms with Crippen molar-refractivity contribution in [1.82, 2.24) is 4.98 Å². The molecule has 0 aliphatic heterocycles. The molecule has 80 valence electrons. The van der Waals surface area contributed by atoms with Gasteiger partial charge in [0.15, 0.2) is 0 Å². The van der Waals surface area contributed by atoms with Crippen molar-refractivity contribution in [2.75, 3.05) is 0 Å². The summed E-state index contributed by atoms with van der Waals surface area (Å²) in [6.07, 6.45) is 1.67. The summed E-state index contributed by atoms with van der Waals surface area (Å²) in [6, 6.07) is 13.2. The number of nitrogens with zero attached hydrogens (tertiary/aromatic N) is 1. The summed E-state index contributed by atoms with van der Waals surface area (Å²) in [7, 11) is 0. The molecule has 2 rings (SSSR count). The van der Waals surface area contributed by atoms with Crippen LogP contribution in [0.4, 0.5) is 0 Å². The van der Waals surface area contributed by atoms with Gasteiger partial charge in [-0.05, 0) is 17.7 Å². The van der Waals surface area contributed by atoms with Crippen LogP contribution in [0, 0.1) is 0 Å². The third-order valence-corrected chi connectivity index (χ3v) is 2.25. The number of pyridine rings is 1. The summed E-state index contributed by atoms with van der Waals surface area (Å²) in [6.45, 7) is 0. The van der Waals surface area contributed by atoms with Crippen molar-refractivity contribution in [3.63, 3.8) is 0 Å². The molecule has 0 saturated carbocycles. The molecular formula is C13H11NO2. The second-order valence-electron chi connectivity index (χ2n) is 3.49. The topological polar surface area (TPSA) is 50.2 Å². The van der Waals surface area contributed by atoms with E-state index < -0.39 is 5.97 Å². The minimum absolute atomic E-state index is 0.0301. The van der Waals surface area contributed by atoms with E-state index in [1.807, 2.05) is 36.4 Å². The Labute approximate surface area is 93.4 Å². The quantitative estimate of drug-likeness (QED) is 0.851. The van der Waals surface area contributed by atoms with E-state index in [1.54, 1.807) is 12.3 Å². The van der Waals surface area contributed by atoms with Crippen molar-refractivity contribution >= 4 is 5.97 Å². The van der Waals surface area contributed by atoms with Gasteiger partial charge in [0.1, 0.15) is 0 Å². The standard InChI is InChI=1S/C13H11NO2/c15-13(16)9-10-6-7-14-12(8-10)11-4-2-1-3-5-11/h1-8H,9H2,(H,15,16). The van der Waals surface area contributed by atoms with Crippen LogP contribution in [0.2, 0.25) is 0 Å². The monoisotopic (exact) mass is 213 g/mol. The lowest BCUT2D eigenvalue weighted by atomic mass is 10.1. The molecule has 0 aliphatic carbocycles. The summed E-state index contributed by atoms with van der Waals surface area (Å²) in [5.41, 5.74) is 2.57. The van der Waals surface area contributed by atoms with Crippen molar-refractivity contribution in [2.24, 2.45) is 0 Å². The van der Waals surface area contributed by atoms with Crippen LogP contribution in [0.25, 0.3) is 11.3 Å². The van der Waals surface area contributed by atoms with Gasteiger partial charge in [0, 0.05) is 11.8 Å². The van der Waals surface area contributed by atoms with Crippen molar-refractivity contribution in [2.45, 2.75) is 6.42 Å². The Morgan fingerprint density at radius 2 is 1.94 bits per heavy atom. The van der Waals surface area contributed by atoms with Crippen LogP contribution in [-0.2, 0) is 11.2 Å². The van der Waals surface area contributed by atoms with Crippen LogP contribution in [0.5, 0.6) is 0 Å². The highest BCUT2D eigenvalue weighted by Gasteiger charge is 2.03. The molecule has 0 saturated heterocycles. The van der Waals surface area contributed by atoms with Crippen LogP contribution in [0.1, 0.15) is 5.56 Å². The van der Waals surface area contributed by atoms with Crippen molar-refractivity contribution in [3.05, 3.63) is 54.2 Å². The molecule has 1 N–H and O–H groups in total. The number of benzene rings is 1. The van der Waals surface area contributed by atoms with E-state index in [0.717, 1.165) is 16.8 Å². The number of hydrogen-bond acceptors (Lipinski definition) is 2. The number of aliphatic carboxylic acids is 1. The maximum Gasteiger partial charge on any atom is 0.307 e. The summed E-state index contributed by atoms with van der Waals surface area (Å²) in [5, 5.41) is 8.71. The fraction of sp³-hybridized carbons (Fsp3) is 0.0769. The molecule has 0 radical (unpaired) electrons. The smallest absolute Gasteiger partial charge is 0.307 e. The average Bonchev–Trinajstić information content (AvgIpc) is 2.30. The highest BCUT2D eigenvalue weighted by molar-refractivity contribution is 5.71. The molecule has 1 aromatic carbocycles. The molecule has 0 aliphatic rings. The van der Waals surface area contributed by atoms with Crippen molar-refractivity contribution < 1.29 is 9.90 Å². The summed E-state index contributed by atoms with van der Waals surface area (Å²) in [4.78, 5) is 14.8. The zero-order valence-electron chi connectivity index (χ0n) is 8.63. The maximum absolute atomic E-state index is 10.6. The second-order valence-corrected chi connectivity index (χ2v) is 3.49. The van der Waals surface area contributed by atoms with Gasteiger partial charge in [0.2, 0.25) is 0 Å². The van der Waals surface area contributed by atoms with Crippen molar-refractivity contribution in [1.29, 1.82) is 0 Å². The Kier molecular flexibility index (Phi) is 2.96. The van der Waals surface area contributed by atoms with Crippen LogP contribution in [-0.4, -0.2) is 16.1 Å². The van der Waals surface area contributed by atoms with Gasteiger partial charge in [0.25, 0.3) is 0 Å². The fourth-order valence-electron chi connectivity index (χ4n) is 1.53. The Balaban J connectivity index is 2.33. The van der Waals surface area contributed by atoms with Gasteiger partial charge in [-0.15, -0.1) is 0 Å². The van der Waals surface area contributed by atoms with Gasteiger partial charge < -0.3 is 5.11 Å². The molecule has 1 aromatic heterocycles. The van der Waals surface area contributed by atoms with E-state index in [-0.39, 0.29) is 6.42 Å². The average molecular weight is 213 g/mol. The Hall–Kier alpha value is -2.16. The maximum atomic E-state index is 10.6. The SMILES string of the molecule is O=C(O)Cc1ccnc(-c2ccccc2)c1. The molecular weight excluding hydrogens is 202 g/mol. The number of carboxylic acids is 1. The third-order valence-electron chi connectivity index (χ3n) is 2.25. The predicted octanol–water partition coefficient (Wildman–Crippen LogP) is 2.38. The van der Waals surface area contributed by atoms with Gasteiger partial charge in [-0.2, -0.15) is 0 Å². The first-order chi connectivity index (χ1) is 7.75. The van der Waals surface area contributed by atoms with Crippen molar-refractivity contribution in [3.8, 4) is 11.3 Å². The molecule has 0 atom stereocenters. The van der Waals surface area contributed by atoms with E-state index in [1.165, 1.54) is 0 Å². The first-order valence-electron chi connectivity index (χ1n) is 4.98. The third kappa shape index (κ3) is 2.45. The largest absolute Gasteiger partial charge is 0.481 e. The van der Waals surface area contributed by atoms with Gasteiger partial charge in [0.05, 0.1) is 12.1 Å². The first-order valence-corrected chi connectivity index (χ1v) is 4.98. The van der Waals surface area contributed by atoms with E-state index >= 15 is 0 Å². The van der Waals surface area contributed by atoms with Gasteiger partial charge in [-0.25, -0.2) is 0 Å². The highest BCUT2D eigenvalue weighted by atomic mass is 16.4. The Morgan fingerprint density at radius 1 is 1.19 bits per heavy atom. The molecule has 0 fully saturated rings. The molecule has 0 spiro atoms. The molecule has 1 heterocycles. The van der Waals surface area contributed by atoms with E-state index in [0.29, 0.717) is 0 Å². The lowest BCUT2D eigenvalue weighted by molar-refractivity contribution is -0.136. The number of carbonyl (C=O) groups is 1. The van der Waals surface area contributed by atoms with E-state index in [2.05, 4.69) is 4.98 Å². The number of hydrogen-bond donors (Lipinski definition) is 1. The lowest BCUT2D eigenvalue weighted by Crippen LogP contribution is -2.00. The van der Waals surface area contributed by atoms with E-state index in [4.69, 9.17) is 5.11 Å². The molecule has 0 unspecified atom stereocenters. The van der Waals surface area contributed by atoms with Crippen LogP contribution < -0.4 is 0 Å². The number of aromatic nitrogens is 1. The zero-order valence-corrected chi connectivity index (χ0v) is 8.63. The molecule has 2 aromatic rings. The molecule has 0 bridgehead atoms. The molecule has 0 amide bonds. The first kappa shape index (κ1) is 10.4. The predicted molar refractivity (Wildman–Crippen MR) is 61.0 cm³/mol. The normalized spacial score (nSPS) is 10.0. The van der Waals surface area contributed by atoms with Gasteiger partial charge in [-0.1, -0.05) is 30.3 Å². The van der Waals surface area contributed by atoms with Crippen LogP contribution in [0.15, 0.2) is 48.7 Å². The molecule has 3 nitrogen and oxygen atoms in total. The minimum atomic E-state index is -0.829. The zero-order chi connectivity index (χ0) is 11.4. The van der Waals surface area contributed by atoms with Crippen LogP contribution >= 0.6 is 0 Å². The van der Waals surface area contributed by atoms with Gasteiger partial charge in [-0.3, -0.25) is 9.78 Å². The second kappa shape index (κ2) is 4.57. The van der Waals surface area contributed by atoms with E-state index in [9.17, 15) is 4.79 Å². The Morgan fingerprint density at radius 3 is 2.62 bits per heavy atom. The molecule has 16 heavy (non-hydrogen) atoms. The molecule has 3 heteroatoms. The summed E-state index contributed by atoms with van der Waals surface area (Å²) in [5.74, 6) is -0.829. The highest BCUT2D eigenvalue weighted by Crippen LogP contribution is 2.17. The minimum Gasteiger partial charge on any atom is -0.481 e. The Bertz CT molecular complexity index is 494. The summed E-state index contributed by atoms with van der Waals surface area (Å²) >= 11 is 0. The fourth-order valence-corrected chi connectivity index (χ4v) is 1.53. The number of carboxylic acid groups (broad SMARTS) is 1.